The van der Waals surface area contributed by atoms with E-state index in [1.807, 2.05) is 0 Å². The molecule has 0 aromatic heterocycles. The summed E-state index contributed by atoms with van der Waals surface area (Å²) in [6, 6.07) is 0.402. The Morgan fingerprint density at radius 3 is 2.29 bits per heavy atom. The molecule has 0 radical (unpaired) electrons. The molecule has 0 bridgehead atoms. The van der Waals surface area contributed by atoms with Crippen molar-refractivity contribution in [3.63, 3.8) is 0 Å². The Bertz CT molecular complexity index is 145. The second kappa shape index (κ2) is 9.04. The molecule has 0 aromatic carbocycles. The summed E-state index contributed by atoms with van der Waals surface area (Å²) < 4.78 is 0. The van der Waals surface area contributed by atoms with Crippen molar-refractivity contribution >= 4 is 5.91 Å². The molecular weight excluding hydrogens is 174 g/mol. The maximum absolute atomic E-state index is 11.4. The predicted octanol–water partition coefficient (Wildman–Crippen LogP) is 3.26. The summed E-state index contributed by atoms with van der Waals surface area (Å²) in [5.74, 6) is 0.231. The number of rotatable bonds is 8. The number of amides is 1. The van der Waals surface area contributed by atoms with E-state index in [4.69, 9.17) is 0 Å². The number of carbonyl (C=O) groups is 1. The molecule has 0 aliphatic carbocycles. The Morgan fingerprint density at radius 2 is 1.79 bits per heavy atom. The molecule has 1 N–H and O–H groups in total. The van der Waals surface area contributed by atoms with Crippen LogP contribution in [0.5, 0.6) is 0 Å². The highest BCUT2D eigenvalue weighted by atomic mass is 16.1. The van der Waals surface area contributed by atoms with E-state index in [9.17, 15) is 4.79 Å². The third kappa shape index (κ3) is 6.93. The zero-order valence-corrected chi connectivity index (χ0v) is 9.94. The molecule has 2 heteroatoms. The molecule has 1 unspecified atom stereocenters. The van der Waals surface area contributed by atoms with Crippen molar-refractivity contribution < 1.29 is 4.79 Å². The Morgan fingerprint density at radius 1 is 1.14 bits per heavy atom. The van der Waals surface area contributed by atoms with Gasteiger partial charge in [-0.3, -0.25) is 4.79 Å². The van der Waals surface area contributed by atoms with E-state index in [-0.39, 0.29) is 5.91 Å². The smallest absolute Gasteiger partial charge is 0.220 e. The quantitative estimate of drug-likeness (QED) is 0.638. The van der Waals surface area contributed by atoms with Crippen LogP contribution in [0, 0.1) is 0 Å². The van der Waals surface area contributed by atoms with Gasteiger partial charge in [0.2, 0.25) is 5.91 Å². The van der Waals surface area contributed by atoms with E-state index in [0.717, 1.165) is 25.7 Å². The van der Waals surface area contributed by atoms with Gasteiger partial charge in [0.1, 0.15) is 0 Å². The van der Waals surface area contributed by atoms with Gasteiger partial charge in [-0.2, -0.15) is 0 Å². The monoisotopic (exact) mass is 199 g/mol. The van der Waals surface area contributed by atoms with Crippen molar-refractivity contribution in [2.75, 3.05) is 0 Å². The average molecular weight is 199 g/mol. The van der Waals surface area contributed by atoms with Crippen molar-refractivity contribution in [1.29, 1.82) is 0 Å². The highest BCUT2D eigenvalue weighted by Crippen LogP contribution is 2.05. The van der Waals surface area contributed by atoms with Crippen molar-refractivity contribution in [2.45, 2.75) is 71.8 Å². The van der Waals surface area contributed by atoms with Crippen LogP contribution in [0.1, 0.15) is 65.7 Å². The standard InChI is InChI=1S/C12H25NO/c1-4-7-9-11(6-3)13-12(14)10-8-5-2/h11H,4-10H2,1-3H3,(H,13,14). The molecule has 0 saturated carbocycles. The first kappa shape index (κ1) is 13.5. The molecule has 0 saturated heterocycles. The molecule has 0 heterocycles. The van der Waals surface area contributed by atoms with Gasteiger partial charge in [-0.25, -0.2) is 0 Å². The molecule has 0 spiro atoms. The fourth-order valence-corrected chi connectivity index (χ4v) is 1.47. The van der Waals surface area contributed by atoms with Crippen molar-refractivity contribution in [3.05, 3.63) is 0 Å². The van der Waals surface area contributed by atoms with Crippen LogP contribution in [0.15, 0.2) is 0 Å². The Kier molecular flexibility index (Phi) is 8.70. The summed E-state index contributed by atoms with van der Waals surface area (Å²) >= 11 is 0. The van der Waals surface area contributed by atoms with Gasteiger partial charge in [-0.1, -0.05) is 40.0 Å². The van der Waals surface area contributed by atoms with Gasteiger partial charge in [-0.15, -0.1) is 0 Å². The zero-order valence-electron chi connectivity index (χ0n) is 9.94. The Labute approximate surface area is 88.5 Å². The van der Waals surface area contributed by atoms with Crippen LogP contribution in [0.25, 0.3) is 0 Å². The highest BCUT2D eigenvalue weighted by Gasteiger charge is 2.08. The van der Waals surface area contributed by atoms with Crippen molar-refractivity contribution in [1.82, 2.24) is 5.32 Å². The molecule has 0 fully saturated rings. The van der Waals surface area contributed by atoms with Crippen LogP contribution in [0.4, 0.5) is 0 Å². The van der Waals surface area contributed by atoms with Gasteiger partial charge in [0, 0.05) is 12.5 Å². The second-order valence-corrected chi connectivity index (χ2v) is 3.92. The van der Waals surface area contributed by atoms with Crippen LogP contribution < -0.4 is 5.32 Å². The Hall–Kier alpha value is -0.530. The average Bonchev–Trinajstić information content (AvgIpc) is 2.21. The van der Waals surface area contributed by atoms with Crippen LogP contribution in [0.2, 0.25) is 0 Å². The summed E-state index contributed by atoms with van der Waals surface area (Å²) in [6.07, 6.45) is 7.41. The number of unbranched alkanes of at least 4 members (excludes halogenated alkanes) is 2. The summed E-state index contributed by atoms with van der Waals surface area (Å²) in [7, 11) is 0. The fourth-order valence-electron chi connectivity index (χ4n) is 1.47. The SMILES string of the molecule is CCCCC(=O)NC(CC)CCCC. The van der Waals surface area contributed by atoms with Crippen molar-refractivity contribution in [3.8, 4) is 0 Å². The van der Waals surface area contributed by atoms with Gasteiger partial charge in [0.15, 0.2) is 0 Å². The van der Waals surface area contributed by atoms with Crippen LogP contribution >= 0.6 is 0 Å². The van der Waals surface area contributed by atoms with Gasteiger partial charge in [-0.05, 0) is 19.3 Å². The molecule has 0 aromatic rings. The second-order valence-electron chi connectivity index (χ2n) is 3.92. The lowest BCUT2D eigenvalue weighted by Gasteiger charge is -2.16. The molecule has 1 amide bonds. The lowest BCUT2D eigenvalue weighted by atomic mass is 10.1. The van der Waals surface area contributed by atoms with E-state index in [0.29, 0.717) is 12.5 Å². The lowest BCUT2D eigenvalue weighted by Crippen LogP contribution is -2.34. The lowest BCUT2D eigenvalue weighted by molar-refractivity contribution is -0.122. The molecular formula is C12H25NO. The topological polar surface area (TPSA) is 29.1 Å². The van der Waals surface area contributed by atoms with Gasteiger partial charge < -0.3 is 5.32 Å². The molecule has 14 heavy (non-hydrogen) atoms. The van der Waals surface area contributed by atoms with Crippen LogP contribution in [0.3, 0.4) is 0 Å². The normalized spacial score (nSPS) is 12.5. The molecule has 1 atom stereocenters. The Balaban J connectivity index is 3.62. The van der Waals surface area contributed by atoms with Crippen LogP contribution in [-0.4, -0.2) is 11.9 Å². The highest BCUT2D eigenvalue weighted by molar-refractivity contribution is 5.76. The van der Waals surface area contributed by atoms with E-state index >= 15 is 0 Å². The van der Waals surface area contributed by atoms with E-state index in [1.165, 1.54) is 12.8 Å². The first-order valence-electron chi connectivity index (χ1n) is 6.03. The first-order chi connectivity index (χ1) is 6.74. The summed E-state index contributed by atoms with van der Waals surface area (Å²) in [5, 5.41) is 3.10. The van der Waals surface area contributed by atoms with E-state index < -0.39 is 0 Å². The minimum absolute atomic E-state index is 0.231. The van der Waals surface area contributed by atoms with Gasteiger partial charge in [0.05, 0.1) is 0 Å². The minimum Gasteiger partial charge on any atom is -0.353 e. The van der Waals surface area contributed by atoms with Crippen LogP contribution in [-0.2, 0) is 4.79 Å². The molecule has 84 valence electrons. The summed E-state index contributed by atoms with van der Waals surface area (Å²) in [6.45, 7) is 6.44. The number of hydrogen-bond acceptors (Lipinski definition) is 1. The minimum atomic E-state index is 0.231. The zero-order chi connectivity index (χ0) is 10.8. The van der Waals surface area contributed by atoms with E-state index in [2.05, 4.69) is 26.1 Å². The maximum atomic E-state index is 11.4. The number of nitrogens with one attached hydrogen (secondary N) is 1. The van der Waals surface area contributed by atoms with Gasteiger partial charge in [0.25, 0.3) is 0 Å². The summed E-state index contributed by atoms with van der Waals surface area (Å²) in [5.41, 5.74) is 0. The fraction of sp³-hybridized carbons (Fsp3) is 0.917. The number of carbonyl (C=O) groups excluding carboxylic acids is 1. The molecule has 2 nitrogen and oxygen atoms in total. The largest absolute Gasteiger partial charge is 0.353 e. The number of hydrogen-bond donors (Lipinski definition) is 1. The third-order valence-corrected chi connectivity index (χ3v) is 2.52. The van der Waals surface area contributed by atoms with Gasteiger partial charge >= 0.3 is 0 Å². The molecule has 0 aliphatic rings. The predicted molar refractivity (Wildman–Crippen MR) is 61.3 cm³/mol. The maximum Gasteiger partial charge on any atom is 0.220 e. The van der Waals surface area contributed by atoms with E-state index in [1.54, 1.807) is 0 Å². The first-order valence-corrected chi connectivity index (χ1v) is 6.03. The van der Waals surface area contributed by atoms with Crippen molar-refractivity contribution in [2.24, 2.45) is 0 Å². The third-order valence-electron chi connectivity index (χ3n) is 2.52. The molecule has 0 rings (SSSR count). The summed E-state index contributed by atoms with van der Waals surface area (Å²) in [4.78, 5) is 11.4. The molecule has 0 aliphatic heterocycles.